The number of rotatable bonds is 11. The van der Waals surface area contributed by atoms with Crippen LogP contribution >= 0.6 is 0 Å². The van der Waals surface area contributed by atoms with Gasteiger partial charge in [0.1, 0.15) is 0 Å². The molecule has 0 spiro atoms. The number of hydrogen-bond donors (Lipinski definition) is 2. The highest BCUT2D eigenvalue weighted by atomic mass is 16.5. The molecule has 8 nitrogen and oxygen atoms in total. The van der Waals surface area contributed by atoms with E-state index in [1.165, 1.54) is 0 Å². The monoisotopic (exact) mass is 595 g/mol. The van der Waals surface area contributed by atoms with Gasteiger partial charge in [0.2, 0.25) is 0 Å². The van der Waals surface area contributed by atoms with E-state index in [2.05, 4.69) is 41.5 Å². The van der Waals surface area contributed by atoms with Crippen LogP contribution in [0.5, 0.6) is 0 Å². The third-order valence-corrected chi connectivity index (χ3v) is 8.26. The van der Waals surface area contributed by atoms with Crippen LogP contribution in [0.4, 0.5) is 0 Å². The molecule has 0 aromatic rings. The largest absolute Gasteiger partial charge is 0.478 e. The first-order valence-corrected chi connectivity index (χ1v) is 16.1. The molecule has 2 aliphatic carbocycles. The van der Waals surface area contributed by atoms with Crippen molar-refractivity contribution in [3.05, 3.63) is 23.3 Å². The van der Waals surface area contributed by atoms with Crippen LogP contribution in [0, 0.1) is 29.1 Å². The smallest absolute Gasteiger partial charge is 0.333 e. The Morgan fingerprint density at radius 1 is 0.786 bits per heavy atom. The van der Waals surface area contributed by atoms with Crippen LogP contribution in [-0.4, -0.2) is 60.6 Å². The van der Waals surface area contributed by atoms with E-state index in [1.807, 2.05) is 26.8 Å². The van der Waals surface area contributed by atoms with Crippen LogP contribution in [0.3, 0.4) is 0 Å². The second kappa shape index (κ2) is 21.5. The number of esters is 2. The van der Waals surface area contributed by atoms with Gasteiger partial charge in [-0.3, -0.25) is 5.41 Å². The molecule has 0 aromatic carbocycles. The molecule has 8 heteroatoms. The second-order valence-corrected chi connectivity index (χ2v) is 11.5. The summed E-state index contributed by atoms with van der Waals surface area (Å²) in [6.45, 7) is 22.9. The zero-order valence-electron chi connectivity index (χ0n) is 28.3. The average molecular weight is 596 g/mol. The van der Waals surface area contributed by atoms with E-state index in [1.54, 1.807) is 19.9 Å². The summed E-state index contributed by atoms with van der Waals surface area (Å²) in [4.78, 5) is 23.3. The average Bonchev–Trinajstić information content (AvgIpc) is 2.95. The standard InChI is InChI=1S/C16H28O3.C11H18O3.C7H15NO/c1-6-14(7-2)19-15-10-13(16(17)18-8-3)9-11(4)12(15)5;1-4-14-11(13)9-5-7(2)8(3)10(12)6-9;1-4-7(5-2)9-6(3)8/h10-12,14-15H,6-9H2,1-5H3;6-8,10,12H,4-5H2,1-3H3;7-8H,4-5H2,1-3H3/t11-,12+,15+;7-,8+,10+;/m00./s1. The fourth-order valence-corrected chi connectivity index (χ4v) is 4.89. The summed E-state index contributed by atoms with van der Waals surface area (Å²) in [6, 6.07) is 0. The van der Waals surface area contributed by atoms with E-state index >= 15 is 0 Å². The van der Waals surface area contributed by atoms with Gasteiger partial charge in [-0.2, -0.15) is 0 Å². The molecule has 2 aliphatic rings. The molecule has 0 saturated carbocycles. The lowest BCUT2D eigenvalue weighted by molar-refractivity contribution is -0.140. The highest BCUT2D eigenvalue weighted by Gasteiger charge is 2.32. The van der Waals surface area contributed by atoms with Gasteiger partial charge in [0.15, 0.2) is 5.90 Å². The predicted molar refractivity (Wildman–Crippen MR) is 169 cm³/mol. The molecule has 0 aliphatic heterocycles. The zero-order chi connectivity index (χ0) is 32.4. The SMILES string of the molecule is CCC(CC)OC(C)=N.CCOC(=O)C1=C[C@@H](O)[C@H](C)[C@@H](C)C1.CCOC(=O)C1=C[C@@H](OC(CC)CC)[C@H](C)[C@@H](C)C1. The molecule has 0 bridgehead atoms. The number of carbonyl (C=O) groups excluding carboxylic acids is 2. The number of hydrogen-bond acceptors (Lipinski definition) is 8. The summed E-state index contributed by atoms with van der Waals surface area (Å²) in [5.41, 5.74) is 1.40. The molecule has 0 aromatic heterocycles. The Hall–Kier alpha value is -2.19. The molecule has 0 heterocycles. The summed E-state index contributed by atoms with van der Waals surface area (Å²) in [5.74, 6) is 1.29. The van der Waals surface area contributed by atoms with E-state index in [4.69, 9.17) is 24.4 Å². The third-order valence-electron chi connectivity index (χ3n) is 8.26. The van der Waals surface area contributed by atoms with Crippen molar-refractivity contribution >= 4 is 17.8 Å². The normalized spacial score (nSPS) is 25.2. The first kappa shape index (κ1) is 39.8. The van der Waals surface area contributed by atoms with Gasteiger partial charge in [-0.05, 0) is 88.2 Å². The van der Waals surface area contributed by atoms with Crippen LogP contribution in [0.15, 0.2) is 23.3 Å². The van der Waals surface area contributed by atoms with Gasteiger partial charge in [-0.15, -0.1) is 0 Å². The minimum atomic E-state index is -0.516. The maximum atomic E-state index is 11.9. The van der Waals surface area contributed by atoms with Gasteiger partial charge in [-0.1, -0.05) is 55.4 Å². The first-order valence-electron chi connectivity index (χ1n) is 16.1. The molecule has 0 fully saturated rings. The van der Waals surface area contributed by atoms with Crippen molar-refractivity contribution in [1.29, 1.82) is 5.41 Å². The summed E-state index contributed by atoms with van der Waals surface area (Å²) in [5, 5.41) is 16.7. The van der Waals surface area contributed by atoms with Gasteiger partial charge in [0.05, 0.1) is 37.6 Å². The summed E-state index contributed by atoms with van der Waals surface area (Å²) in [7, 11) is 0. The number of carbonyl (C=O) groups is 2. The number of nitrogens with one attached hydrogen (secondary N) is 1. The van der Waals surface area contributed by atoms with Gasteiger partial charge < -0.3 is 24.1 Å². The van der Waals surface area contributed by atoms with E-state index < -0.39 is 6.10 Å². The maximum Gasteiger partial charge on any atom is 0.333 e. The van der Waals surface area contributed by atoms with Crippen LogP contribution in [-0.2, 0) is 28.5 Å². The lowest BCUT2D eigenvalue weighted by Crippen LogP contribution is -2.34. The highest BCUT2D eigenvalue weighted by molar-refractivity contribution is 5.89. The van der Waals surface area contributed by atoms with Gasteiger partial charge >= 0.3 is 11.9 Å². The van der Waals surface area contributed by atoms with Crippen LogP contribution in [0.25, 0.3) is 0 Å². The van der Waals surface area contributed by atoms with Gasteiger partial charge in [0, 0.05) is 18.1 Å². The Morgan fingerprint density at radius 2 is 1.21 bits per heavy atom. The maximum absolute atomic E-state index is 11.9. The van der Waals surface area contributed by atoms with Crippen LogP contribution in [0.1, 0.15) is 115 Å². The predicted octanol–water partition coefficient (Wildman–Crippen LogP) is 7.43. The molecule has 0 saturated heterocycles. The van der Waals surface area contributed by atoms with Crippen molar-refractivity contribution in [2.75, 3.05) is 13.2 Å². The minimum absolute atomic E-state index is 0.0352. The lowest BCUT2D eigenvalue weighted by Gasteiger charge is -2.34. The summed E-state index contributed by atoms with van der Waals surface area (Å²) < 4.78 is 21.3. The number of ether oxygens (including phenoxy) is 4. The zero-order valence-corrected chi connectivity index (χ0v) is 28.3. The Bertz CT molecular complexity index is 860. The van der Waals surface area contributed by atoms with Gasteiger partial charge in [-0.25, -0.2) is 9.59 Å². The van der Waals surface area contributed by atoms with Crippen molar-refractivity contribution in [2.24, 2.45) is 23.7 Å². The lowest BCUT2D eigenvalue weighted by atomic mass is 9.80. The summed E-state index contributed by atoms with van der Waals surface area (Å²) in [6.07, 6.45) is 9.17. The Balaban J connectivity index is 0.000000643. The van der Waals surface area contributed by atoms with Crippen molar-refractivity contribution in [3.63, 3.8) is 0 Å². The van der Waals surface area contributed by atoms with Crippen molar-refractivity contribution in [2.45, 2.75) is 139 Å². The highest BCUT2D eigenvalue weighted by Crippen LogP contribution is 2.33. The van der Waals surface area contributed by atoms with E-state index in [9.17, 15) is 14.7 Å². The van der Waals surface area contributed by atoms with Gasteiger partial charge in [0.25, 0.3) is 0 Å². The van der Waals surface area contributed by atoms with Crippen molar-refractivity contribution in [3.8, 4) is 0 Å². The first-order chi connectivity index (χ1) is 19.8. The Kier molecular flexibility index (Phi) is 20.4. The van der Waals surface area contributed by atoms with Crippen LogP contribution in [0.2, 0.25) is 0 Å². The topological polar surface area (TPSA) is 115 Å². The number of aliphatic hydroxyl groups is 1. The quantitative estimate of drug-likeness (QED) is 0.145. The molecule has 0 amide bonds. The Labute approximate surface area is 256 Å². The molecule has 0 radical (unpaired) electrons. The molecule has 2 N–H and O–H groups in total. The molecule has 6 atom stereocenters. The van der Waals surface area contributed by atoms with E-state index in [-0.39, 0.29) is 36.2 Å². The fourth-order valence-electron chi connectivity index (χ4n) is 4.89. The molecular formula is C34H61NO7. The van der Waals surface area contributed by atoms with Crippen molar-refractivity contribution in [1.82, 2.24) is 0 Å². The minimum Gasteiger partial charge on any atom is -0.478 e. The number of aliphatic hydroxyl groups excluding tert-OH is 1. The summed E-state index contributed by atoms with van der Waals surface area (Å²) >= 11 is 0. The Morgan fingerprint density at radius 3 is 1.57 bits per heavy atom. The molecular weight excluding hydrogens is 534 g/mol. The third kappa shape index (κ3) is 14.3. The molecule has 42 heavy (non-hydrogen) atoms. The molecule has 2 rings (SSSR count). The van der Waals surface area contributed by atoms with E-state index in [0.29, 0.717) is 48.9 Å². The fraction of sp³-hybridized carbons (Fsp3) is 0.794. The molecule has 244 valence electrons. The molecule has 0 unspecified atom stereocenters. The van der Waals surface area contributed by atoms with Crippen molar-refractivity contribution < 1.29 is 33.6 Å². The second-order valence-electron chi connectivity index (χ2n) is 11.5. The van der Waals surface area contributed by atoms with Crippen LogP contribution < -0.4 is 0 Å². The van der Waals surface area contributed by atoms with E-state index in [0.717, 1.165) is 37.7 Å².